The number of thiophene rings is 1. The second-order valence-corrected chi connectivity index (χ2v) is 7.66. The molecule has 2 aromatic rings. The van der Waals surface area contributed by atoms with Gasteiger partial charge in [0.15, 0.2) is 0 Å². The molecule has 25 heavy (non-hydrogen) atoms. The molecule has 0 spiro atoms. The lowest BCUT2D eigenvalue weighted by atomic mass is 9.78. The van der Waals surface area contributed by atoms with Gasteiger partial charge in [-0.2, -0.15) is 0 Å². The Morgan fingerprint density at radius 2 is 2.16 bits per heavy atom. The van der Waals surface area contributed by atoms with Crippen LogP contribution in [-0.2, 0) is 4.74 Å². The highest BCUT2D eigenvalue weighted by atomic mass is 32.1. The van der Waals surface area contributed by atoms with Gasteiger partial charge in [0.05, 0.1) is 18.3 Å². The van der Waals surface area contributed by atoms with Crippen molar-refractivity contribution < 1.29 is 9.47 Å². The molecule has 1 aliphatic heterocycles. The third-order valence-corrected chi connectivity index (χ3v) is 6.33. The third-order valence-electron chi connectivity index (χ3n) is 5.23. The molecule has 1 N–H and O–H groups in total. The molecule has 0 saturated heterocycles. The van der Waals surface area contributed by atoms with E-state index in [-0.39, 0.29) is 0 Å². The minimum absolute atomic E-state index is 0.351. The number of anilines is 1. The Bertz CT molecular complexity index is 767. The number of aryl methyl sites for hydroxylation is 1. The largest absolute Gasteiger partial charge is 0.489 e. The molecule has 0 amide bonds. The van der Waals surface area contributed by atoms with Crippen LogP contribution in [0.3, 0.4) is 0 Å². The molecule has 1 aromatic heterocycles. The van der Waals surface area contributed by atoms with Crippen LogP contribution < -0.4 is 10.1 Å². The summed E-state index contributed by atoms with van der Waals surface area (Å²) in [6.45, 7) is 6.15. The number of benzene rings is 1. The molecule has 132 valence electrons. The van der Waals surface area contributed by atoms with Crippen LogP contribution in [-0.4, -0.2) is 19.8 Å². The van der Waals surface area contributed by atoms with Gasteiger partial charge < -0.3 is 14.8 Å². The van der Waals surface area contributed by atoms with Crippen LogP contribution in [0.5, 0.6) is 5.75 Å². The van der Waals surface area contributed by atoms with Gasteiger partial charge in [0.25, 0.3) is 0 Å². The van der Waals surface area contributed by atoms with Gasteiger partial charge in [-0.05, 0) is 54.8 Å². The fourth-order valence-electron chi connectivity index (χ4n) is 4.03. The first kappa shape index (κ1) is 16.7. The lowest BCUT2D eigenvalue weighted by Crippen LogP contribution is -2.29. The second kappa shape index (κ2) is 7.22. The van der Waals surface area contributed by atoms with Crippen molar-refractivity contribution in [3.05, 3.63) is 57.8 Å². The monoisotopic (exact) mass is 355 g/mol. The van der Waals surface area contributed by atoms with Crippen molar-refractivity contribution in [2.24, 2.45) is 5.92 Å². The number of allylic oxidation sites excluding steroid dienone is 2. The Hall–Kier alpha value is -1.78. The highest BCUT2D eigenvalue weighted by Gasteiger charge is 2.39. The van der Waals surface area contributed by atoms with Crippen LogP contribution in [0.1, 0.15) is 41.3 Å². The van der Waals surface area contributed by atoms with Gasteiger partial charge in [0, 0.05) is 17.4 Å². The Morgan fingerprint density at radius 3 is 2.96 bits per heavy atom. The average Bonchev–Trinajstić information content (AvgIpc) is 3.27. The van der Waals surface area contributed by atoms with Crippen LogP contribution in [0.4, 0.5) is 5.69 Å². The normalized spacial score (nSPS) is 23.8. The Labute approximate surface area is 153 Å². The first-order valence-corrected chi connectivity index (χ1v) is 9.98. The molecule has 4 rings (SSSR count). The molecule has 3 nitrogen and oxygen atoms in total. The van der Waals surface area contributed by atoms with Crippen LogP contribution in [0, 0.1) is 12.8 Å². The van der Waals surface area contributed by atoms with Crippen molar-refractivity contribution in [1.29, 1.82) is 0 Å². The van der Waals surface area contributed by atoms with E-state index in [9.17, 15) is 0 Å². The maximum atomic E-state index is 6.04. The average molecular weight is 356 g/mol. The topological polar surface area (TPSA) is 30.5 Å². The molecule has 3 unspecified atom stereocenters. The number of fused-ring (bicyclic) bond motifs is 3. The molecule has 1 aromatic carbocycles. The molecule has 4 heteroatoms. The number of hydrogen-bond donors (Lipinski definition) is 1. The van der Waals surface area contributed by atoms with Gasteiger partial charge in [0.2, 0.25) is 0 Å². The summed E-state index contributed by atoms with van der Waals surface area (Å²) in [5.41, 5.74) is 3.90. The molecule has 2 aliphatic rings. The quantitative estimate of drug-likeness (QED) is 0.563. The summed E-state index contributed by atoms with van der Waals surface area (Å²) in [6.07, 6.45) is 5.85. The van der Waals surface area contributed by atoms with Gasteiger partial charge in [0.1, 0.15) is 12.4 Å². The molecule has 2 heterocycles. The number of ether oxygens (including phenoxy) is 2. The molecule has 0 fully saturated rings. The summed E-state index contributed by atoms with van der Waals surface area (Å²) in [5, 5.41) is 6.02. The molecular weight excluding hydrogens is 330 g/mol. The molecule has 0 radical (unpaired) electrons. The SMILES string of the molecule is CCOCCOc1cccc2c1NC(c1sccc1C)C1CC=CC21. The summed E-state index contributed by atoms with van der Waals surface area (Å²) < 4.78 is 11.5. The number of hydrogen-bond acceptors (Lipinski definition) is 4. The zero-order valence-electron chi connectivity index (χ0n) is 14.8. The predicted octanol–water partition coefficient (Wildman–Crippen LogP) is 5.30. The van der Waals surface area contributed by atoms with E-state index in [1.54, 1.807) is 0 Å². The molecule has 0 saturated carbocycles. The predicted molar refractivity (Wildman–Crippen MR) is 104 cm³/mol. The van der Waals surface area contributed by atoms with E-state index in [4.69, 9.17) is 9.47 Å². The lowest BCUT2D eigenvalue weighted by Gasteiger charge is -2.38. The third kappa shape index (κ3) is 3.09. The van der Waals surface area contributed by atoms with E-state index in [0.717, 1.165) is 24.5 Å². The van der Waals surface area contributed by atoms with Crippen molar-refractivity contribution in [1.82, 2.24) is 0 Å². The Balaban J connectivity index is 1.66. The lowest BCUT2D eigenvalue weighted by molar-refractivity contribution is 0.110. The summed E-state index contributed by atoms with van der Waals surface area (Å²) >= 11 is 1.86. The Kier molecular flexibility index (Phi) is 4.82. The zero-order valence-corrected chi connectivity index (χ0v) is 15.6. The van der Waals surface area contributed by atoms with Crippen LogP contribution in [0.25, 0.3) is 0 Å². The number of rotatable bonds is 6. The summed E-state index contributed by atoms with van der Waals surface area (Å²) in [6, 6.07) is 8.98. The van der Waals surface area contributed by atoms with Gasteiger partial charge in [-0.25, -0.2) is 0 Å². The fraction of sp³-hybridized carbons (Fsp3) is 0.429. The first-order chi connectivity index (χ1) is 12.3. The van der Waals surface area contributed by atoms with Gasteiger partial charge in [-0.3, -0.25) is 0 Å². The first-order valence-electron chi connectivity index (χ1n) is 9.10. The van der Waals surface area contributed by atoms with Crippen LogP contribution in [0.15, 0.2) is 41.8 Å². The number of para-hydroxylation sites is 1. The second-order valence-electron chi connectivity index (χ2n) is 6.71. The van der Waals surface area contributed by atoms with Gasteiger partial charge >= 0.3 is 0 Å². The molecular formula is C21H25NO2S. The minimum Gasteiger partial charge on any atom is -0.489 e. The van der Waals surface area contributed by atoms with Crippen LogP contribution in [0.2, 0.25) is 0 Å². The highest BCUT2D eigenvalue weighted by Crippen LogP contribution is 2.53. The van der Waals surface area contributed by atoms with E-state index in [0.29, 0.717) is 31.1 Å². The van der Waals surface area contributed by atoms with E-state index in [2.05, 4.69) is 54.0 Å². The van der Waals surface area contributed by atoms with E-state index >= 15 is 0 Å². The molecule has 0 bridgehead atoms. The summed E-state index contributed by atoms with van der Waals surface area (Å²) in [7, 11) is 0. The molecule has 3 atom stereocenters. The fourth-order valence-corrected chi connectivity index (χ4v) is 5.08. The smallest absolute Gasteiger partial charge is 0.142 e. The maximum Gasteiger partial charge on any atom is 0.142 e. The maximum absolute atomic E-state index is 6.04. The highest BCUT2D eigenvalue weighted by molar-refractivity contribution is 7.10. The van der Waals surface area contributed by atoms with Gasteiger partial charge in [-0.15, -0.1) is 11.3 Å². The standard InChI is InChI=1S/C21H25NO2S/c1-3-23-11-12-24-18-9-5-8-16-15-6-4-7-17(15)20(22-19(16)18)21-14(2)10-13-25-21/h4-6,8-10,13,15,17,20,22H,3,7,11-12H2,1-2H3. The van der Waals surface area contributed by atoms with Crippen molar-refractivity contribution in [3.63, 3.8) is 0 Å². The Morgan fingerprint density at radius 1 is 1.24 bits per heavy atom. The minimum atomic E-state index is 0.351. The molecule has 1 aliphatic carbocycles. The van der Waals surface area contributed by atoms with Crippen molar-refractivity contribution in [2.45, 2.75) is 32.2 Å². The van der Waals surface area contributed by atoms with E-state index < -0.39 is 0 Å². The van der Waals surface area contributed by atoms with E-state index in [1.165, 1.54) is 16.0 Å². The summed E-state index contributed by atoms with van der Waals surface area (Å²) in [4.78, 5) is 1.45. The van der Waals surface area contributed by atoms with Crippen molar-refractivity contribution in [2.75, 3.05) is 25.1 Å². The number of nitrogens with one attached hydrogen (secondary N) is 1. The zero-order chi connectivity index (χ0) is 17.2. The summed E-state index contributed by atoms with van der Waals surface area (Å²) in [5.74, 6) is 2.00. The van der Waals surface area contributed by atoms with E-state index in [1.807, 2.05) is 18.3 Å². The van der Waals surface area contributed by atoms with Crippen molar-refractivity contribution >= 4 is 17.0 Å². The van der Waals surface area contributed by atoms with Gasteiger partial charge in [-0.1, -0.05) is 24.3 Å². The van der Waals surface area contributed by atoms with Crippen molar-refractivity contribution in [3.8, 4) is 5.75 Å². The van der Waals surface area contributed by atoms with Crippen LogP contribution >= 0.6 is 11.3 Å².